The predicted molar refractivity (Wildman–Crippen MR) is 59.1 cm³/mol. The summed E-state index contributed by atoms with van der Waals surface area (Å²) in [6.07, 6.45) is -0.357. The minimum absolute atomic E-state index is 0.0145. The smallest absolute Gasteiger partial charge is 0.387 e. The van der Waals surface area contributed by atoms with Gasteiger partial charge in [0.2, 0.25) is 0 Å². The summed E-state index contributed by atoms with van der Waals surface area (Å²) in [5, 5.41) is 10.4. The molecule has 0 spiro atoms. The molecule has 106 valence electrons. The molecule has 4 nitrogen and oxygen atoms in total. The Kier molecular flexibility index (Phi) is 5.62. The lowest BCUT2D eigenvalue weighted by Crippen LogP contribution is -2.24. The van der Waals surface area contributed by atoms with Crippen LogP contribution >= 0.6 is 0 Å². The largest absolute Gasteiger partial charge is 0.550 e. The predicted octanol–water partition coefficient (Wildman–Crippen LogP) is 0.999. The van der Waals surface area contributed by atoms with E-state index in [0.29, 0.717) is 0 Å². The van der Waals surface area contributed by atoms with E-state index in [-0.39, 0.29) is 30.7 Å². The average Bonchev–Trinajstić information content (AvgIpc) is 2.31. The zero-order valence-corrected chi connectivity index (χ0v) is 9.94. The zero-order valence-electron chi connectivity index (χ0n) is 9.94. The highest BCUT2D eigenvalue weighted by atomic mass is 19.3. The molecule has 0 bridgehead atoms. The van der Waals surface area contributed by atoms with Crippen LogP contribution in [0.2, 0.25) is 0 Å². The molecule has 2 N–H and O–H groups in total. The molecule has 0 radical (unpaired) electrons. The topological polar surface area (TPSA) is 75.4 Å². The van der Waals surface area contributed by atoms with E-state index in [9.17, 15) is 23.1 Å². The molecular weight excluding hydrogens is 263 g/mol. The van der Waals surface area contributed by atoms with Gasteiger partial charge in [-0.3, -0.25) is 0 Å². The maximum Gasteiger partial charge on any atom is 0.387 e. The van der Waals surface area contributed by atoms with Crippen LogP contribution in [0.3, 0.4) is 0 Å². The van der Waals surface area contributed by atoms with Gasteiger partial charge in [0, 0.05) is 17.5 Å². The van der Waals surface area contributed by atoms with Gasteiger partial charge in [-0.05, 0) is 31.5 Å². The second kappa shape index (κ2) is 6.98. The third-order valence-corrected chi connectivity index (χ3v) is 2.62. The maximum absolute atomic E-state index is 13.7. The zero-order chi connectivity index (χ0) is 14.4. The molecule has 0 saturated heterocycles. The number of ether oxygens (including phenoxy) is 1. The number of carboxylic acids is 1. The van der Waals surface area contributed by atoms with Gasteiger partial charge in [-0.25, -0.2) is 4.39 Å². The van der Waals surface area contributed by atoms with Gasteiger partial charge in [0.25, 0.3) is 0 Å². The molecule has 0 aromatic heterocycles. The van der Waals surface area contributed by atoms with Crippen molar-refractivity contribution in [3.63, 3.8) is 0 Å². The molecule has 0 saturated carbocycles. The van der Waals surface area contributed by atoms with Gasteiger partial charge >= 0.3 is 6.61 Å². The molecule has 1 aromatic carbocycles. The molecule has 0 aliphatic carbocycles. The Hall–Kier alpha value is -1.76. The lowest BCUT2D eigenvalue weighted by molar-refractivity contribution is -0.305. The number of rotatable bonds is 7. The molecule has 0 aliphatic rings. The van der Waals surface area contributed by atoms with Crippen LogP contribution in [0.5, 0.6) is 5.75 Å². The van der Waals surface area contributed by atoms with Gasteiger partial charge < -0.3 is 20.4 Å². The normalized spacial score (nSPS) is 12.5. The van der Waals surface area contributed by atoms with E-state index in [1.165, 1.54) is 12.1 Å². The number of alkyl halides is 2. The lowest BCUT2D eigenvalue weighted by Gasteiger charge is -2.19. The number of aliphatic carboxylic acids is 1. The minimum Gasteiger partial charge on any atom is -0.550 e. The summed E-state index contributed by atoms with van der Waals surface area (Å²) < 4.78 is 42.4. The number of halogens is 3. The number of carbonyl (C=O) groups excluding carboxylic acids is 1. The van der Waals surface area contributed by atoms with Gasteiger partial charge in [-0.1, -0.05) is 6.07 Å². The number of carbonyl (C=O) groups is 1. The van der Waals surface area contributed by atoms with E-state index in [1.807, 2.05) is 0 Å². The third-order valence-electron chi connectivity index (χ3n) is 2.62. The Morgan fingerprint density at radius 1 is 1.42 bits per heavy atom. The summed E-state index contributed by atoms with van der Waals surface area (Å²) >= 11 is 0. The fourth-order valence-corrected chi connectivity index (χ4v) is 1.78. The monoisotopic (exact) mass is 276 g/mol. The molecule has 1 atom stereocenters. The van der Waals surface area contributed by atoms with Crippen LogP contribution in [0, 0.1) is 5.82 Å². The highest BCUT2D eigenvalue weighted by Crippen LogP contribution is 2.32. The van der Waals surface area contributed by atoms with E-state index in [0.717, 1.165) is 6.07 Å². The van der Waals surface area contributed by atoms with Gasteiger partial charge in [-0.15, -0.1) is 0 Å². The number of benzene rings is 1. The molecule has 0 fully saturated rings. The maximum atomic E-state index is 13.7. The highest BCUT2D eigenvalue weighted by molar-refractivity contribution is 5.64. The molecule has 0 amide bonds. The van der Waals surface area contributed by atoms with Crippen molar-refractivity contribution < 1.29 is 27.8 Å². The molecule has 19 heavy (non-hydrogen) atoms. The molecule has 1 aromatic rings. The van der Waals surface area contributed by atoms with Crippen molar-refractivity contribution in [2.24, 2.45) is 5.73 Å². The van der Waals surface area contributed by atoms with Crippen molar-refractivity contribution in [1.82, 2.24) is 0 Å². The van der Waals surface area contributed by atoms with Gasteiger partial charge in [-0.2, -0.15) is 8.78 Å². The fourth-order valence-electron chi connectivity index (χ4n) is 1.78. The number of carboxylic acid groups (broad SMARTS) is 1. The van der Waals surface area contributed by atoms with Crippen molar-refractivity contribution in [3.05, 3.63) is 29.6 Å². The van der Waals surface area contributed by atoms with Crippen molar-refractivity contribution >= 4 is 5.97 Å². The van der Waals surface area contributed by atoms with E-state index in [4.69, 9.17) is 5.73 Å². The van der Waals surface area contributed by atoms with Crippen molar-refractivity contribution in [3.8, 4) is 5.75 Å². The standard InChI is InChI=1S/C12H14F3NO3/c13-8-2-1-3-9(19-12(14)15)11(8)7(6-16)4-5-10(17)18/h1-3,7,12H,4-6,16H2,(H,17,18)/p-1. The summed E-state index contributed by atoms with van der Waals surface area (Å²) in [4.78, 5) is 10.4. The van der Waals surface area contributed by atoms with E-state index in [2.05, 4.69) is 4.74 Å². The number of hydrogen-bond acceptors (Lipinski definition) is 4. The summed E-state index contributed by atoms with van der Waals surface area (Å²) in [5.74, 6) is -3.13. The number of hydrogen-bond donors (Lipinski definition) is 1. The Morgan fingerprint density at radius 2 is 2.11 bits per heavy atom. The highest BCUT2D eigenvalue weighted by Gasteiger charge is 2.21. The molecule has 0 aliphatic heterocycles. The van der Waals surface area contributed by atoms with Crippen molar-refractivity contribution in [2.75, 3.05) is 6.54 Å². The van der Waals surface area contributed by atoms with Crippen LogP contribution < -0.4 is 15.6 Å². The molecule has 1 rings (SSSR count). The molecular formula is C12H13F3NO3-. The Balaban J connectivity index is 3.03. The van der Waals surface area contributed by atoms with Crippen molar-refractivity contribution in [2.45, 2.75) is 25.4 Å². The van der Waals surface area contributed by atoms with E-state index >= 15 is 0 Å². The Morgan fingerprint density at radius 3 is 2.63 bits per heavy atom. The Bertz CT molecular complexity index is 440. The molecule has 1 unspecified atom stereocenters. The van der Waals surface area contributed by atoms with Crippen LogP contribution in [0.25, 0.3) is 0 Å². The minimum atomic E-state index is -3.10. The van der Waals surface area contributed by atoms with Gasteiger partial charge in [0.15, 0.2) is 0 Å². The first-order valence-electron chi connectivity index (χ1n) is 5.58. The summed E-state index contributed by atoms with van der Waals surface area (Å²) in [6, 6.07) is 3.49. The molecule has 0 heterocycles. The van der Waals surface area contributed by atoms with Crippen LogP contribution in [0.15, 0.2) is 18.2 Å². The van der Waals surface area contributed by atoms with Crippen LogP contribution in [0.4, 0.5) is 13.2 Å². The quantitative estimate of drug-likeness (QED) is 0.806. The first kappa shape index (κ1) is 15.3. The summed E-state index contributed by atoms with van der Waals surface area (Å²) in [6.45, 7) is -3.19. The van der Waals surface area contributed by atoms with Gasteiger partial charge in [0.1, 0.15) is 11.6 Å². The number of nitrogens with two attached hydrogens (primary N) is 1. The second-order valence-corrected chi connectivity index (χ2v) is 3.87. The lowest BCUT2D eigenvalue weighted by atomic mass is 9.93. The second-order valence-electron chi connectivity index (χ2n) is 3.87. The average molecular weight is 276 g/mol. The van der Waals surface area contributed by atoms with E-state index < -0.39 is 24.3 Å². The van der Waals surface area contributed by atoms with Crippen LogP contribution in [0.1, 0.15) is 24.3 Å². The molecule has 7 heteroatoms. The summed E-state index contributed by atoms with van der Waals surface area (Å²) in [7, 11) is 0. The van der Waals surface area contributed by atoms with Crippen LogP contribution in [-0.4, -0.2) is 19.1 Å². The van der Waals surface area contributed by atoms with Crippen LogP contribution in [-0.2, 0) is 4.79 Å². The summed E-state index contributed by atoms with van der Waals surface area (Å²) in [5.41, 5.74) is 5.30. The Labute approximate surface area is 108 Å². The first-order chi connectivity index (χ1) is 8.95. The van der Waals surface area contributed by atoms with E-state index in [1.54, 1.807) is 0 Å². The first-order valence-corrected chi connectivity index (χ1v) is 5.58. The van der Waals surface area contributed by atoms with Crippen molar-refractivity contribution in [1.29, 1.82) is 0 Å². The SMILES string of the molecule is NCC(CCC(=O)[O-])c1c(F)cccc1OC(F)F. The van der Waals surface area contributed by atoms with Gasteiger partial charge in [0.05, 0.1) is 0 Å². The fraction of sp³-hybridized carbons (Fsp3) is 0.417. The third kappa shape index (κ3) is 4.44.